The van der Waals surface area contributed by atoms with Crippen molar-refractivity contribution in [3.05, 3.63) is 81.9 Å². The van der Waals surface area contributed by atoms with Crippen LogP contribution >= 0.6 is 23.2 Å². The Bertz CT molecular complexity index is 929. The van der Waals surface area contributed by atoms with Crippen LogP contribution in [0.1, 0.15) is 55.9 Å². The summed E-state index contributed by atoms with van der Waals surface area (Å²) in [7, 11) is 0. The van der Waals surface area contributed by atoms with Crippen molar-refractivity contribution < 1.29 is 26.2 Å². The third kappa shape index (κ3) is 3.15. The second-order valence-corrected chi connectivity index (χ2v) is 8.89. The Morgan fingerprint density at radius 3 is 1.96 bits per heavy atom. The average Bonchev–Trinajstić information content (AvgIpc) is 3.05. The molecule has 3 atom stereocenters. The molecule has 0 nitrogen and oxygen atoms in total. The first-order valence-corrected chi connectivity index (χ1v) is 10.1. The van der Waals surface area contributed by atoms with E-state index in [4.69, 9.17) is 23.2 Å². The predicted octanol–water partition coefficient (Wildman–Crippen LogP) is 7.50. The molecule has 2 aromatic carbocycles. The van der Waals surface area contributed by atoms with E-state index in [0.29, 0.717) is 0 Å². The molecule has 0 bridgehead atoms. The molecule has 0 heterocycles. The summed E-state index contributed by atoms with van der Waals surface area (Å²) in [6.07, 6.45) is 6.26. The molecule has 2 aliphatic carbocycles. The summed E-state index contributed by atoms with van der Waals surface area (Å²) in [6.45, 7) is 6.52. The molecule has 0 N–H and O–H groups in total. The standard InChI is InChI=1S/C24H24Cl2.Zr/c1-4-20(24(26)17(3)14-19-10-6-8-12-22(19)24)15-23(25)16(2)13-18-9-5-7-11-21(18)23;/h5-14,20H,4,15H2,1-3H3;. The normalized spacial score (nSPS) is 26.6. The van der Waals surface area contributed by atoms with Gasteiger partial charge in [-0.3, -0.25) is 0 Å². The predicted molar refractivity (Wildman–Crippen MR) is 114 cm³/mol. The fraction of sp³-hybridized carbons (Fsp3) is 0.333. The quantitative estimate of drug-likeness (QED) is 0.403. The summed E-state index contributed by atoms with van der Waals surface area (Å²) in [6, 6.07) is 17.0. The van der Waals surface area contributed by atoms with E-state index in [1.54, 1.807) is 0 Å². The van der Waals surface area contributed by atoms with E-state index in [2.05, 4.69) is 81.5 Å². The van der Waals surface area contributed by atoms with Gasteiger partial charge in [0.15, 0.2) is 0 Å². The van der Waals surface area contributed by atoms with E-state index < -0.39 is 9.75 Å². The van der Waals surface area contributed by atoms with Crippen molar-refractivity contribution in [1.29, 1.82) is 0 Å². The van der Waals surface area contributed by atoms with Gasteiger partial charge in [-0.05, 0) is 59.6 Å². The van der Waals surface area contributed by atoms with E-state index in [0.717, 1.165) is 12.8 Å². The van der Waals surface area contributed by atoms with Crippen molar-refractivity contribution >= 4 is 35.4 Å². The molecule has 4 rings (SSSR count). The minimum absolute atomic E-state index is 0. The van der Waals surface area contributed by atoms with Gasteiger partial charge in [0, 0.05) is 26.2 Å². The zero-order valence-electron chi connectivity index (χ0n) is 16.0. The molecular weight excluding hydrogens is 450 g/mol. The van der Waals surface area contributed by atoms with Crippen molar-refractivity contribution in [2.45, 2.75) is 43.4 Å². The van der Waals surface area contributed by atoms with Crippen LogP contribution in [0.25, 0.3) is 12.2 Å². The first-order valence-electron chi connectivity index (χ1n) is 9.35. The topological polar surface area (TPSA) is 0 Å². The second-order valence-electron chi connectivity index (χ2n) is 7.65. The number of allylic oxidation sites excluding steroid dienone is 2. The number of benzene rings is 2. The molecule has 0 spiro atoms. The van der Waals surface area contributed by atoms with Crippen LogP contribution in [0.15, 0.2) is 59.7 Å². The number of halogens is 2. The molecule has 0 aromatic heterocycles. The second kappa shape index (κ2) is 7.66. The molecule has 0 aliphatic heterocycles. The van der Waals surface area contributed by atoms with E-state index in [1.807, 2.05) is 0 Å². The van der Waals surface area contributed by atoms with E-state index in [-0.39, 0.29) is 32.1 Å². The van der Waals surface area contributed by atoms with E-state index in [1.165, 1.54) is 33.4 Å². The SMILES string of the molecule is CCC(CC1(Cl)C(C)=Cc2ccccc21)C1(Cl)C(C)=Cc2ccccc21.[Zr]. The fourth-order valence-electron chi connectivity index (χ4n) is 4.77. The molecule has 138 valence electrons. The van der Waals surface area contributed by atoms with Crippen molar-refractivity contribution in [1.82, 2.24) is 0 Å². The molecule has 0 fully saturated rings. The summed E-state index contributed by atoms with van der Waals surface area (Å²) in [4.78, 5) is -0.956. The number of rotatable bonds is 4. The molecular formula is C24H24Cl2Zr. The van der Waals surface area contributed by atoms with Gasteiger partial charge in [0.2, 0.25) is 0 Å². The molecule has 2 aromatic rings. The summed E-state index contributed by atoms with van der Waals surface area (Å²) in [5.74, 6) is 0.246. The Morgan fingerprint density at radius 2 is 1.33 bits per heavy atom. The molecule has 0 saturated heterocycles. The Morgan fingerprint density at radius 1 is 0.815 bits per heavy atom. The van der Waals surface area contributed by atoms with Crippen molar-refractivity contribution in [3.8, 4) is 0 Å². The van der Waals surface area contributed by atoms with Crippen molar-refractivity contribution in [3.63, 3.8) is 0 Å². The van der Waals surface area contributed by atoms with Gasteiger partial charge in [-0.15, -0.1) is 23.2 Å². The van der Waals surface area contributed by atoms with Crippen LogP contribution in [0.5, 0.6) is 0 Å². The first-order chi connectivity index (χ1) is 12.4. The summed E-state index contributed by atoms with van der Waals surface area (Å²) in [5, 5.41) is 0. The van der Waals surface area contributed by atoms with E-state index in [9.17, 15) is 0 Å². The Balaban J connectivity index is 0.00000210. The minimum atomic E-state index is -0.481. The van der Waals surface area contributed by atoms with Crippen LogP contribution in [-0.2, 0) is 36.0 Å². The minimum Gasteiger partial charge on any atom is -0.109 e. The van der Waals surface area contributed by atoms with Crippen LogP contribution in [0.3, 0.4) is 0 Å². The third-order valence-corrected chi connectivity index (χ3v) is 7.73. The molecule has 3 heteroatoms. The molecule has 27 heavy (non-hydrogen) atoms. The Hall–Kier alpha value is -0.617. The maximum absolute atomic E-state index is 7.39. The van der Waals surface area contributed by atoms with Gasteiger partial charge in [-0.2, -0.15) is 0 Å². The van der Waals surface area contributed by atoms with Gasteiger partial charge in [0.05, 0.1) is 9.75 Å². The molecule has 3 unspecified atom stereocenters. The maximum atomic E-state index is 7.39. The average molecular weight is 475 g/mol. The summed E-state index contributed by atoms with van der Waals surface area (Å²) < 4.78 is 0. The molecule has 2 aliphatic rings. The third-order valence-electron chi connectivity index (χ3n) is 6.27. The van der Waals surface area contributed by atoms with Crippen molar-refractivity contribution in [2.24, 2.45) is 5.92 Å². The van der Waals surface area contributed by atoms with E-state index >= 15 is 0 Å². The smallest absolute Gasteiger partial charge is 0.0939 e. The zero-order chi connectivity index (χ0) is 18.5. The van der Waals surface area contributed by atoms with Gasteiger partial charge < -0.3 is 0 Å². The number of fused-ring (bicyclic) bond motifs is 2. The fourth-order valence-corrected chi connectivity index (χ4v) is 5.64. The summed E-state index contributed by atoms with van der Waals surface area (Å²) >= 11 is 14.7. The first kappa shape index (κ1) is 21.1. The van der Waals surface area contributed by atoms with Crippen molar-refractivity contribution in [2.75, 3.05) is 0 Å². The molecule has 0 radical (unpaired) electrons. The number of hydrogen-bond donors (Lipinski definition) is 0. The molecule has 0 saturated carbocycles. The van der Waals surface area contributed by atoms with Gasteiger partial charge in [0.25, 0.3) is 0 Å². The monoisotopic (exact) mass is 472 g/mol. The Kier molecular flexibility index (Phi) is 5.99. The largest absolute Gasteiger partial charge is 0.109 e. The number of hydrogen-bond acceptors (Lipinski definition) is 0. The van der Waals surface area contributed by atoms with Crippen LogP contribution < -0.4 is 0 Å². The van der Waals surface area contributed by atoms with Gasteiger partial charge in [0.1, 0.15) is 0 Å². The van der Waals surface area contributed by atoms with Crippen LogP contribution in [0.2, 0.25) is 0 Å². The zero-order valence-corrected chi connectivity index (χ0v) is 20.0. The van der Waals surface area contributed by atoms with Crippen LogP contribution in [0.4, 0.5) is 0 Å². The van der Waals surface area contributed by atoms with Gasteiger partial charge >= 0.3 is 0 Å². The number of alkyl halides is 2. The van der Waals surface area contributed by atoms with Crippen LogP contribution in [-0.4, -0.2) is 0 Å². The summed E-state index contributed by atoms with van der Waals surface area (Å²) in [5.41, 5.74) is 7.34. The van der Waals surface area contributed by atoms with Gasteiger partial charge in [-0.25, -0.2) is 0 Å². The van der Waals surface area contributed by atoms with Crippen LogP contribution in [0, 0.1) is 5.92 Å². The Labute approximate surface area is 191 Å². The molecule has 0 amide bonds. The van der Waals surface area contributed by atoms with Gasteiger partial charge in [-0.1, -0.05) is 74.0 Å². The maximum Gasteiger partial charge on any atom is 0.0939 e.